The van der Waals surface area contributed by atoms with Crippen molar-refractivity contribution in [3.63, 3.8) is 0 Å². The van der Waals surface area contributed by atoms with Gasteiger partial charge in [-0.05, 0) is 98.7 Å². The number of methoxy groups -OCH3 is 1. The number of ether oxygens (including phenoxy) is 1. The van der Waals surface area contributed by atoms with E-state index in [0.717, 1.165) is 23.6 Å². The van der Waals surface area contributed by atoms with Crippen molar-refractivity contribution in [3.05, 3.63) is 53.6 Å². The molecule has 0 radical (unpaired) electrons. The van der Waals surface area contributed by atoms with Gasteiger partial charge in [0, 0.05) is 6.04 Å². The number of piperidine rings is 1. The van der Waals surface area contributed by atoms with Gasteiger partial charge in [0.2, 0.25) is 0 Å². The van der Waals surface area contributed by atoms with Crippen LogP contribution in [0.15, 0.2) is 42.5 Å². The van der Waals surface area contributed by atoms with Crippen LogP contribution in [0.25, 0.3) is 11.1 Å². The van der Waals surface area contributed by atoms with Crippen LogP contribution in [0.2, 0.25) is 0 Å². The minimum Gasteiger partial charge on any atom is -0.496 e. The molecule has 148 valence electrons. The average molecular weight is 376 g/mol. The summed E-state index contributed by atoms with van der Waals surface area (Å²) in [4.78, 5) is 2.83. The first-order chi connectivity index (χ1) is 13.7. The molecule has 2 aromatic carbocycles. The maximum Gasteiger partial charge on any atom is 0.122 e. The van der Waals surface area contributed by atoms with Gasteiger partial charge in [-0.15, -0.1) is 0 Å². The van der Waals surface area contributed by atoms with E-state index in [1.165, 1.54) is 73.9 Å². The molecule has 2 heteroatoms. The van der Waals surface area contributed by atoms with E-state index in [4.69, 9.17) is 4.74 Å². The largest absolute Gasteiger partial charge is 0.496 e. The van der Waals surface area contributed by atoms with Crippen molar-refractivity contribution in [2.75, 3.05) is 20.2 Å². The Morgan fingerprint density at radius 2 is 1.71 bits per heavy atom. The number of hydrogen-bond donors (Lipinski definition) is 0. The molecule has 0 N–H and O–H groups in total. The highest BCUT2D eigenvalue weighted by Gasteiger charge is 2.43. The van der Waals surface area contributed by atoms with Crippen LogP contribution >= 0.6 is 0 Å². The van der Waals surface area contributed by atoms with Crippen LogP contribution < -0.4 is 4.74 Å². The van der Waals surface area contributed by atoms with E-state index in [2.05, 4.69) is 54.3 Å². The SMILES string of the molecule is COc1ccc(-c2cccc(C)c2)cc1C1CCN([C@H]2C[C@H]3CCC2C3)CC1. The predicted octanol–water partition coefficient (Wildman–Crippen LogP) is 6.04. The molecule has 2 bridgehead atoms. The van der Waals surface area contributed by atoms with Crippen LogP contribution in [-0.4, -0.2) is 31.1 Å². The van der Waals surface area contributed by atoms with Gasteiger partial charge in [-0.25, -0.2) is 0 Å². The number of nitrogens with zero attached hydrogens (tertiary/aromatic N) is 1. The third kappa shape index (κ3) is 3.37. The fraction of sp³-hybridized carbons (Fsp3) is 0.538. The summed E-state index contributed by atoms with van der Waals surface area (Å²) in [5.74, 6) is 3.73. The summed E-state index contributed by atoms with van der Waals surface area (Å²) < 4.78 is 5.77. The van der Waals surface area contributed by atoms with Crippen molar-refractivity contribution in [2.24, 2.45) is 11.8 Å². The highest BCUT2D eigenvalue weighted by molar-refractivity contribution is 5.66. The number of benzene rings is 2. The predicted molar refractivity (Wildman–Crippen MR) is 116 cm³/mol. The van der Waals surface area contributed by atoms with E-state index in [-0.39, 0.29) is 0 Å². The van der Waals surface area contributed by atoms with E-state index in [9.17, 15) is 0 Å². The molecule has 1 aliphatic heterocycles. The lowest BCUT2D eigenvalue weighted by Gasteiger charge is -2.40. The summed E-state index contributed by atoms with van der Waals surface area (Å²) in [6, 6.07) is 16.5. The van der Waals surface area contributed by atoms with Crippen LogP contribution in [-0.2, 0) is 0 Å². The molecule has 28 heavy (non-hydrogen) atoms. The highest BCUT2D eigenvalue weighted by atomic mass is 16.5. The van der Waals surface area contributed by atoms with Gasteiger partial charge in [-0.2, -0.15) is 0 Å². The zero-order chi connectivity index (χ0) is 19.1. The third-order valence-electron chi connectivity index (χ3n) is 7.72. The minimum absolute atomic E-state index is 0.620. The zero-order valence-corrected chi connectivity index (χ0v) is 17.4. The van der Waals surface area contributed by atoms with Crippen LogP contribution in [0.5, 0.6) is 5.75 Å². The fourth-order valence-corrected chi connectivity index (χ4v) is 6.26. The molecule has 0 amide bonds. The minimum atomic E-state index is 0.620. The molecular weight excluding hydrogens is 342 g/mol. The van der Waals surface area contributed by atoms with E-state index >= 15 is 0 Å². The fourth-order valence-electron chi connectivity index (χ4n) is 6.26. The molecular formula is C26H33NO. The molecule has 1 saturated heterocycles. The van der Waals surface area contributed by atoms with Crippen molar-refractivity contribution >= 4 is 0 Å². The summed E-state index contributed by atoms with van der Waals surface area (Å²) in [7, 11) is 1.82. The van der Waals surface area contributed by atoms with Crippen molar-refractivity contribution in [2.45, 2.75) is 57.4 Å². The first-order valence-corrected chi connectivity index (χ1v) is 11.2. The number of likely N-dealkylation sites (tertiary alicyclic amines) is 1. The smallest absolute Gasteiger partial charge is 0.122 e. The molecule has 2 aliphatic carbocycles. The number of hydrogen-bond acceptors (Lipinski definition) is 2. The Balaban J connectivity index is 1.33. The molecule has 0 spiro atoms. The van der Waals surface area contributed by atoms with Crippen LogP contribution in [0, 0.1) is 18.8 Å². The Morgan fingerprint density at radius 3 is 2.39 bits per heavy atom. The van der Waals surface area contributed by atoms with Gasteiger partial charge in [0.1, 0.15) is 5.75 Å². The second-order valence-corrected chi connectivity index (χ2v) is 9.38. The summed E-state index contributed by atoms with van der Waals surface area (Å²) in [5, 5.41) is 0. The van der Waals surface area contributed by atoms with Crippen molar-refractivity contribution in [1.82, 2.24) is 4.90 Å². The Bertz CT molecular complexity index is 836. The Hall–Kier alpha value is -1.80. The van der Waals surface area contributed by atoms with Gasteiger partial charge >= 0.3 is 0 Å². The van der Waals surface area contributed by atoms with Gasteiger partial charge in [-0.3, -0.25) is 0 Å². The van der Waals surface area contributed by atoms with Gasteiger partial charge in [-0.1, -0.05) is 42.3 Å². The third-order valence-corrected chi connectivity index (χ3v) is 7.72. The summed E-state index contributed by atoms with van der Waals surface area (Å²) >= 11 is 0. The standard InChI is InChI=1S/C26H33NO/c1-18-4-3-5-21(14-18)22-8-9-26(28-2)24(17-22)20-10-12-27(13-11-20)25-16-19-6-7-23(25)15-19/h3-5,8-9,14,17,19-20,23,25H,6-7,10-13,15-16H2,1-2H3/t19-,23?,25-/m0/s1. The van der Waals surface area contributed by atoms with E-state index in [1.54, 1.807) is 0 Å². The lowest BCUT2D eigenvalue weighted by Crippen LogP contribution is -2.43. The van der Waals surface area contributed by atoms with Crippen LogP contribution in [0.1, 0.15) is 55.6 Å². The average Bonchev–Trinajstić information content (AvgIpc) is 3.37. The summed E-state index contributed by atoms with van der Waals surface area (Å²) in [5.41, 5.74) is 5.35. The van der Waals surface area contributed by atoms with Crippen molar-refractivity contribution in [3.8, 4) is 16.9 Å². The first kappa shape index (κ1) is 18.2. The van der Waals surface area contributed by atoms with Crippen LogP contribution in [0.4, 0.5) is 0 Å². The first-order valence-electron chi connectivity index (χ1n) is 11.2. The maximum absolute atomic E-state index is 5.77. The Labute approximate surface area is 169 Å². The lowest BCUT2D eigenvalue weighted by atomic mass is 9.85. The molecule has 2 aromatic rings. The van der Waals surface area contributed by atoms with Gasteiger partial charge < -0.3 is 9.64 Å². The maximum atomic E-state index is 5.77. The van der Waals surface area contributed by atoms with Crippen molar-refractivity contribution < 1.29 is 4.74 Å². The number of aryl methyl sites for hydroxylation is 1. The summed E-state index contributed by atoms with van der Waals surface area (Å²) in [6.45, 7) is 4.69. The lowest BCUT2D eigenvalue weighted by molar-refractivity contribution is 0.110. The molecule has 0 aromatic heterocycles. The van der Waals surface area contributed by atoms with E-state index in [1.807, 2.05) is 7.11 Å². The van der Waals surface area contributed by atoms with Gasteiger partial charge in [0.05, 0.1) is 7.11 Å². The van der Waals surface area contributed by atoms with Gasteiger partial charge in [0.15, 0.2) is 0 Å². The zero-order valence-electron chi connectivity index (χ0n) is 17.4. The molecule has 3 fully saturated rings. The second kappa shape index (κ2) is 7.55. The molecule has 2 saturated carbocycles. The topological polar surface area (TPSA) is 12.5 Å². The molecule has 5 rings (SSSR count). The summed E-state index contributed by atoms with van der Waals surface area (Å²) in [6.07, 6.45) is 8.50. The second-order valence-electron chi connectivity index (χ2n) is 9.38. The normalized spacial score (nSPS) is 28.0. The van der Waals surface area contributed by atoms with Crippen molar-refractivity contribution in [1.29, 1.82) is 0 Å². The monoisotopic (exact) mass is 375 g/mol. The molecule has 2 nitrogen and oxygen atoms in total. The Kier molecular flexibility index (Phi) is 4.92. The molecule has 3 atom stereocenters. The quantitative estimate of drug-likeness (QED) is 0.646. The number of fused-ring (bicyclic) bond motifs is 2. The molecule has 1 heterocycles. The van der Waals surface area contributed by atoms with E-state index in [0.29, 0.717) is 5.92 Å². The Morgan fingerprint density at radius 1 is 0.893 bits per heavy atom. The van der Waals surface area contributed by atoms with Gasteiger partial charge in [0.25, 0.3) is 0 Å². The number of rotatable bonds is 4. The van der Waals surface area contributed by atoms with E-state index < -0.39 is 0 Å². The van der Waals surface area contributed by atoms with Crippen LogP contribution in [0.3, 0.4) is 0 Å². The molecule has 3 aliphatic rings. The highest BCUT2D eigenvalue weighted by Crippen LogP contribution is 2.48. The molecule has 1 unspecified atom stereocenters.